The Morgan fingerprint density at radius 2 is 2.00 bits per heavy atom. The van der Waals surface area contributed by atoms with Crippen molar-refractivity contribution in [3.8, 4) is 0 Å². The largest absolute Gasteiger partial charge is 0.416 e. The van der Waals surface area contributed by atoms with Crippen LogP contribution in [0.5, 0.6) is 0 Å². The van der Waals surface area contributed by atoms with E-state index in [-0.39, 0.29) is 29.3 Å². The molecule has 0 radical (unpaired) electrons. The fourth-order valence-corrected chi connectivity index (χ4v) is 2.11. The van der Waals surface area contributed by atoms with E-state index in [2.05, 4.69) is 5.32 Å². The van der Waals surface area contributed by atoms with E-state index < -0.39 is 17.6 Å². The molecule has 1 aliphatic rings. The van der Waals surface area contributed by atoms with E-state index >= 15 is 0 Å². The van der Waals surface area contributed by atoms with Gasteiger partial charge in [0.2, 0.25) is 5.91 Å². The van der Waals surface area contributed by atoms with Crippen molar-refractivity contribution in [1.29, 1.82) is 0 Å². The number of rotatable bonds is 3. The van der Waals surface area contributed by atoms with Gasteiger partial charge in [-0.25, -0.2) is 4.39 Å². The van der Waals surface area contributed by atoms with E-state index in [0.717, 1.165) is 18.6 Å². The molecule has 0 bridgehead atoms. The van der Waals surface area contributed by atoms with Crippen LogP contribution in [-0.4, -0.2) is 5.91 Å². The number of alkyl halides is 3. The molecule has 1 saturated carbocycles. The van der Waals surface area contributed by atoms with Gasteiger partial charge in [0.05, 0.1) is 5.56 Å². The Bertz CT molecular complexity index is 536. The van der Waals surface area contributed by atoms with Gasteiger partial charge in [0.1, 0.15) is 5.82 Å². The van der Waals surface area contributed by atoms with Crippen molar-refractivity contribution >= 4 is 5.91 Å². The molecule has 1 aliphatic carbocycles. The van der Waals surface area contributed by atoms with E-state index in [1.807, 2.05) is 13.8 Å². The summed E-state index contributed by atoms with van der Waals surface area (Å²) < 4.78 is 51.0. The minimum Gasteiger partial charge on any atom is -0.352 e. The van der Waals surface area contributed by atoms with Crippen LogP contribution in [0.1, 0.15) is 31.4 Å². The van der Waals surface area contributed by atoms with Crippen LogP contribution < -0.4 is 5.32 Å². The summed E-state index contributed by atoms with van der Waals surface area (Å²) in [6, 6.07) is 2.18. The molecule has 0 unspecified atom stereocenters. The molecule has 110 valence electrons. The molecule has 0 aliphatic heterocycles. The van der Waals surface area contributed by atoms with Gasteiger partial charge in [0.15, 0.2) is 0 Å². The van der Waals surface area contributed by atoms with Gasteiger partial charge in [0, 0.05) is 18.0 Å². The van der Waals surface area contributed by atoms with Gasteiger partial charge in [-0.15, -0.1) is 0 Å². The number of hydrogen-bond acceptors (Lipinski definition) is 1. The summed E-state index contributed by atoms with van der Waals surface area (Å²) in [7, 11) is 0. The van der Waals surface area contributed by atoms with Gasteiger partial charge in [-0.05, 0) is 30.0 Å². The fraction of sp³-hybridized carbons (Fsp3) is 0.500. The standard InChI is InChI=1S/C14H15F4NO/c1-13(2)6-10(13)12(20)19-7-8-5-9(14(16,17)18)3-4-11(8)15/h3-5,10H,6-7H2,1-2H3,(H,19,20)/t10-/m0/s1. The third-order valence-corrected chi connectivity index (χ3v) is 3.66. The summed E-state index contributed by atoms with van der Waals surface area (Å²) in [6.45, 7) is 3.63. The number of hydrogen-bond donors (Lipinski definition) is 1. The molecule has 0 heterocycles. The molecule has 1 aromatic carbocycles. The van der Waals surface area contributed by atoms with Crippen molar-refractivity contribution < 1.29 is 22.4 Å². The van der Waals surface area contributed by atoms with Crippen LogP contribution in [0.4, 0.5) is 17.6 Å². The van der Waals surface area contributed by atoms with Crippen LogP contribution in [0.25, 0.3) is 0 Å². The lowest BCUT2D eigenvalue weighted by atomic mass is 10.1. The zero-order chi connectivity index (χ0) is 15.1. The van der Waals surface area contributed by atoms with Crippen LogP contribution in [-0.2, 0) is 17.5 Å². The van der Waals surface area contributed by atoms with Gasteiger partial charge < -0.3 is 5.32 Å². The first kappa shape index (κ1) is 14.8. The second kappa shape index (κ2) is 4.75. The maximum atomic E-state index is 13.5. The number of amides is 1. The van der Waals surface area contributed by atoms with E-state index in [0.29, 0.717) is 6.07 Å². The van der Waals surface area contributed by atoms with Crippen LogP contribution >= 0.6 is 0 Å². The number of carbonyl (C=O) groups excluding carboxylic acids is 1. The van der Waals surface area contributed by atoms with Gasteiger partial charge in [0.25, 0.3) is 0 Å². The summed E-state index contributed by atoms with van der Waals surface area (Å²) >= 11 is 0. The molecular formula is C14H15F4NO. The summed E-state index contributed by atoms with van der Waals surface area (Å²) in [4.78, 5) is 11.7. The molecular weight excluding hydrogens is 274 g/mol. The Labute approximate surface area is 114 Å². The average Bonchev–Trinajstić information content (AvgIpc) is 2.95. The summed E-state index contributed by atoms with van der Waals surface area (Å²) in [5, 5.41) is 2.49. The second-order valence-electron chi connectivity index (χ2n) is 5.77. The van der Waals surface area contributed by atoms with Gasteiger partial charge in [-0.1, -0.05) is 13.8 Å². The highest BCUT2D eigenvalue weighted by molar-refractivity contribution is 5.82. The number of halogens is 4. The predicted molar refractivity (Wildman–Crippen MR) is 65.1 cm³/mol. The van der Waals surface area contributed by atoms with Crippen LogP contribution in [0.2, 0.25) is 0 Å². The molecule has 2 nitrogen and oxygen atoms in total. The number of nitrogens with one attached hydrogen (secondary N) is 1. The molecule has 1 atom stereocenters. The van der Waals surface area contributed by atoms with Crippen molar-refractivity contribution in [3.63, 3.8) is 0 Å². The zero-order valence-corrected chi connectivity index (χ0v) is 11.1. The summed E-state index contributed by atoms with van der Waals surface area (Å²) in [5.41, 5.74) is -1.15. The monoisotopic (exact) mass is 289 g/mol. The third kappa shape index (κ3) is 3.11. The Morgan fingerprint density at radius 3 is 2.50 bits per heavy atom. The molecule has 6 heteroatoms. The maximum absolute atomic E-state index is 13.5. The average molecular weight is 289 g/mol. The van der Waals surface area contributed by atoms with Crippen molar-refractivity contribution in [2.24, 2.45) is 11.3 Å². The Balaban J connectivity index is 2.04. The zero-order valence-electron chi connectivity index (χ0n) is 11.1. The van der Waals surface area contributed by atoms with Gasteiger partial charge in [-0.2, -0.15) is 13.2 Å². The molecule has 20 heavy (non-hydrogen) atoms. The third-order valence-electron chi connectivity index (χ3n) is 3.66. The summed E-state index contributed by atoms with van der Waals surface area (Å²) in [6.07, 6.45) is -3.78. The predicted octanol–water partition coefficient (Wildman–Crippen LogP) is 3.51. The van der Waals surface area contributed by atoms with Crippen molar-refractivity contribution in [2.75, 3.05) is 0 Å². The highest BCUT2D eigenvalue weighted by atomic mass is 19.4. The van der Waals surface area contributed by atoms with E-state index in [1.165, 1.54) is 0 Å². The van der Waals surface area contributed by atoms with Crippen molar-refractivity contribution in [1.82, 2.24) is 5.32 Å². The van der Waals surface area contributed by atoms with Crippen molar-refractivity contribution in [3.05, 3.63) is 35.1 Å². The van der Waals surface area contributed by atoms with Crippen LogP contribution in [0, 0.1) is 17.2 Å². The van der Waals surface area contributed by atoms with E-state index in [4.69, 9.17) is 0 Å². The Kier molecular flexibility index (Phi) is 3.52. The number of carbonyl (C=O) groups is 1. The van der Waals surface area contributed by atoms with Crippen LogP contribution in [0.3, 0.4) is 0 Å². The highest BCUT2D eigenvalue weighted by Crippen LogP contribution is 2.51. The van der Waals surface area contributed by atoms with E-state index in [9.17, 15) is 22.4 Å². The first-order chi connectivity index (χ1) is 9.11. The Morgan fingerprint density at radius 1 is 1.40 bits per heavy atom. The number of benzene rings is 1. The molecule has 1 amide bonds. The molecule has 1 N–H and O–H groups in total. The minimum atomic E-state index is -4.52. The maximum Gasteiger partial charge on any atom is 0.416 e. The van der Waals surface area contributed by atoms with E-state index in [1.54, 1.807) is 0 Å². The topological polar surface area (TPSA) is 29.1 Å². The second-order valence-corrected chi connectivity index (χ2v) is 5.77. The first-order valence-electron chi connectivity index (χ1n) is 6.24. The highest BCUT2D eigenvalue weighted by Gasteiger charge is 2.50. The lowest BCUT2D eigenvalue weighted by Gasteiger charge is -2.11. The lowest BCUT2D eigenvalue weighted by Crippen LogP contribution is -2.26. The van der Waals surface area contributed by atoms with Crippen molar-refractivity contribution in [2.45, 2.75) is 33.0 Å². The SMILES string of the molecule is CC1(C)C[C@H]1C(=O)NCc1cc(C(F)(F)F)ccc1F. The first-order valence-corrected chi connectivity index (χ1v) is 6.24. The molecule has 2 rings (SSSR count). The fourth-order valence-electron chi connectivity index (χ4n) is 2.11. The van der Waals surface area contributed by atoms with Gasteiger partial charge in [-0.3, -0.25) is 4.79 Å². The lowest BCUT2D eigenvalue weighted by molar-refractivity contribution is -0.137. The molecule has 0 saturated heterocycles. The Hall–Kier alpha value is -1.59. The molecule has 1 fully saturated rings. The minimum absolute atomic E-state index is 0.0730. The smallest absolute Gasteiger partial charge is 0.352 e. The molecule has 0 spiro atoms. The molecule has 0 aromatic heterocycles. The normalized spacial score (nSPS) is 20.6. The quantitative estimate of drug-likeness (QED) is 0.848. The van der Waals surface area contributed by atoms with Crippen LogP contribution in [0.15, 0.2) is 18.2 Å². The summed E-state index contributed by atoms with van der Waals surface area (Å²) in [5.74, 6) is -1.14. The van der Waals surface area contributed by atoms with Gasteiger partial charge >= 0.3 is 6.18 Å². The molecule has 1 aromatic rings.